The molecule has 0 saturated carbocycles. The first kappa shape index (κ1) is 15.5. The van der Waals surface area contributed by atoms with Gasteiger partial charge >= 0.3 is 6.61 Å². The molecule has 1 heterocycles. The van der Waals surface area contributed by atoms with E-state index in [2.05, 4.69) is 17.0 Å². The number of hydrogen-bond donors (Lipinski definition) is 1. The minimum absolute atomic E-state index is 0.0643. The average Bonchev–Trinajstić information content (AvgIpc) is 2.45. The third-order valence-corrected chi connectivity index (χ3v) is 3.53. The summed E-state index contributed by atoms with van der Waals surface area (Å²) in [5.74, 6) is 0.717. The fourth-order valence-corrected chi connectivity index (χ4v) is 2.46. The highest BCUT2D eigenvalue weighted by Crippen LogP contribution is 2.18. The lowest BCUT2D eigenvalue weighted by atomic mass is 10.0. The zero-order valence-electron chi connectivity index (χ0n) is 12.0. The first-order chi connectivity index (χ1) is 10.0. The summed E-state index contributed by atoms with van der Waals surface area (Å²) >= 11 is 0. The normalized spacial score (nSPS) is 18.7. The Balaban J connectivity index is 1.80. The van der Waals surface area contributed by atoms with Crippen LogP contribution < -0.4 is 10.1 Å². The minimum Gasteiger partial charge on any atom is -0.435 e. The maximum atomic E-state index is 12.1. The Labute approximate surface area is 123 Å². The molecule has 1 N–H and O–H groups in total. The van der Waals surface area contributed by atoms with Crippen molar-refractivity contribution in [3.05, 3.63) is 24.3 Å². The number of ether oxygens (including phenoxy) is 1. The number of hydrogen-bond acceptors (Lipinski definition) is 3. The molecule has 0 spiro atoms. The molecule has 1 fully saturated rings. The number of likely N-dealkylation sites (tertiary alicyclic amines) is 1. The molecule has 21 heavy (non-hydrogen) atoms. The van der Waals surface area contributed by atoms with Crippen LogP contribution in [0.25, 0.3) is 0 Å². The number of carbonyl (C=O) groups excluding carboxylic acids is 1. The zero-order valence-corrected chi connectivity index (χ0v) is 12.0. The van der Waals surface area contributed by atoms with E-state index >= 15 is 0 Å². The molecule has 4 nitrogen and oxygen atoms in total. The smallest absolute Gasteiger partial charge is 0.387 e. The van der Waals surface area contributed by atoms with Crippen molar-refractivity contribution in [1.82, 2.24) is 4.90 Å². The second-order valence-electron chi connectivity index (χ2n) is 5.34. The molecular formula is C15H20F2N2O2. The van der Waals surface area contributed by atoms with Gasteiger partial charge in [0.05, 0.1) is 6.54 Å². The molecule has 1 aliphatic rings. The summed E-state index contributed by atoms with van der Waals surface area (Å²) in [7, 11) is 0. The fourth-order valence-electron chi connectivity index (χ4n) is 2.46. The predicted molar refractivity (Wildman–Crippen MR) is 76.5 cm³/mol. The van der Waals surface area contributed by atoms with Crippen LogP contribution in [0.3, 0.4) is 0 Å². The molecule has 1 atom stereocenters. The van der Waals surface area contributed by atoms with Crippen molar-refractivity contribution < 1.29 is 18.3 Å². The summed E-state index contributed by atoms with van der Waals surface area (Å²) in [5, 5.41) is 3.00. The van der Waals surface area contributed by atoms with E-state index in [1.165, 1.54) is 18.6 Å². The van der Waals surface area contributed by atoms with Gasteiger partial charge in [0.1, 0.15) is 5.75 Å². The van der Waals surface area contributed by atoms with Gasteiger partial charge in [0.15, 0.2) is 0 Å². The van der Waals surface area contributed by atoms with Gasteiger partial charge in [0.25, 0.3) is 0 Å². The van der Waals surface area contributed by atoms with Crippen LogP contribution in [0.4, 0.5) is 14.5 Å². The van der Waals surface area contributed by atoms with Crippen LogP contribution in [0.15, 0.2) is 24.3 Å². The van der Waals surface area contributed by atoms with E-state index in [1.54, 1.807) is 12.1 Å². The maximum absolute atomic E-state index is 12.1. The molecule has 0 bridgehead atoms. The van der Waals surface area contributed by atoms with Gasteiger partial charge < -0.3 is 15.0 Å². The van der Waals surface area contributed by atoms with Crippen molar-refractivity contribution in [2.24, 2.45) is 5.92 Å². The molecule has 0 aliphatic carbocycles. The summed E-state index contributed by atoms with van der Waals surface area (Å²) < 4.78 is 28.3. The summed E-state index contributed by atoms with van der Waals surface area (Å²) in [6.45, 7) is 1.15. The van der Waals surface area contributed by atoms with Gasteiger partial charge in [-0.25, -0.2) is 0 Å². The SMILES string of the molecule is CC1CCCN(C(=O)CNc2ccc(OC(F)F)cc2)C1. The van der Waals surface area contributed by atoms with Gasteiger partial charge in [0.2, 0.25) is 5.91 Å². The number of benzene rings is 1. The van der Waals surface area contributed by atoms with Crippen molar-refractivity contribution in [1.29, 1.82) is 0 Å². The second-order valence-corrected chi connectivity index (χ2v) is 5.34. The third kappa shape index (κ3) is 4.88. The van der Waals surface area contributed by atoms with E-state index in [1.807, 2.05) is 4.90 Å². The van der Waals surface area contributed by atoms with Crippen LogP contribution in [0.5, 0.6) is 5.75 Å². The van der Waals surface area contributed by atoms with Crippen molar-refractivity contribution in [3.63, 3.8) is 0 Å². The Morgan fingerprint density at radius 2 is 2.14 bits per heavy atom. The lowest BCUT2D eigenvalue weighted by Gasteiger charge is -2.31. The van der Waals surface area contributed by atoms with Gasteiger partial charge in [-0.15, -0.1) is 0 Å². The number of halogens is 2. The third-order valence-electron chi connectivity index (χ3n) is 3.53. The standard InChI is InChI=1S/C15H20F2N2O2/c1-11-3-2-8-19(10-11)14(20)9-18-12-4-6-13(7-5-12)21-15(16)17/h4-7,11,15,18H,2-3,8-10H2,1H3. The highest BCUT2D eigenvalue weighted by atomic mass is 19.3. The summed E-state index contributed by atoms with van der Waals surface area (Å²) in [6.07, 6.45) is 2.22. The molecule has 1 amide bonds. The topological polar surface area (TPSA) is 41.6 Å². The molecule has 1 aliphatic heterocycles. The molecule has 0 radical (unpaired) electrons. The molecule has 0 aromatic heterocycles. The van der Waals surface area contributed by atoms with Crippen LogP contribution in [-0.2, 0) is 4.79 Å². The van der Waals surface area contributed by atoms with Crippen molar-refractivity contribution >= 4 is 11.6 Å². The number of nitrogens with zero attached hydrogens (tertiary/aromatic N) is 1. The molecule has 116 valence electrons. The van der Waals surface area contributed by atoms with E-state index in [0.29, 0.717) is 11.6 Å². The highest BCUT2D eigenvalue weighted by Gasteiger charge is 2.20. The average molecular weight is 298 g/mol. The monoisotopic (exact) mass is 298 g/mol. The number of carbonyl (C=O) groups is 1. The van der Waals surface area contributed by atoms with Crippen LogP contribution in [0, 0.1) is 5.92 Å². The maximum Gasteiger partial charge on any atom is 0.387 e. The van der Waals surface area contributed by atoms with Crippen molar-refractivity contribution in [3.8, 4) is 5.75 Å². The van der Waals surface area contributed by atoms with Gasteiger partial charge in [0, 0.05) is 18.8 Å². The van der Waals surface area contributed by atoms with Gasteiger partial charge in [-0.05, 0) is 43.0 Å². The van der Waals surface area contributed by atoms with E-state index in [4.69, 9.17) is 0 Å². The molecule has 2 rings (SSSR count). The zero-order chi connectivity index (χ0) is 15.2. The Morgan fingerprint density at radius 3 is 2.76 bits per heavy atom. The van der Waals surface area contributed by atoms with E-state index < -0.39 is 6.61 Å². The summed E-state index contributed by atoms with van der Waals surface area (Å²) in [4.78, 5) is 13.9. The van der Waals surface area contributed by atoms with E-state index in [9.17, 15) is 13.6 Å². The van der Waals surface area contributed by atoms with Crippen LogP contribution in [0.2, 0.25) is 0 Å². The Morgan fingerprint density at radius 1 is 1.43 bits per heavy atom. The van der Waals surface area contributed by atoms with Gasteiger partial charge in [-0.1, -0.05) is 6.92 Å². The molecular weight excluding hydrogens is 278 g/mol. The van der Waals surface area contributed by atoms with Crippen LogP contribution in [-0.4, -0.2) is 37.1 Å². The molecule has 1 aromatic rings. The van der Waals surface area contributed by atoms with Gasteiger partial charge in [-0.2, -0.15) is 8.78 Å². The van der Waals surface area contributed by atoms with E-state index in [-0.39, 0.29) is 18.2 Å². The lowest BCUT2D eigenvalue weighted by molar-refractivity contribution is -0.130. The summed E-state index contributed by atoms with van der Waals surface area (Å²) in [6, 6.07) is 6.12. The summed E-state index contributed by atoms with van der Waals surface area (Å²) in [5.41, 5.74) is 0.704. The number of rotatable bonds is 5. The van der Waals surface area contributed by atoms with Crippen LogP contribution >= 0.6 is 0 Å². The minimum atomic E-state index is -2.83. The Kier molecular flexibility index (Phi) is 5.36. The van der Waals surface area contributed by atoms with Crippen LogP contribution in [0.1, 0.15) is 19.8 Å². The number of anilines is 1. The molecule has 1 saturated heterocycles. The van der Waals surface area contributed by atoms with E-state index in [0.717, 1.165) is 19.5 Å². The molecule has 6 heteroatoms. The molecule has 1 unspecified atom stereocenters. The fraction of sp³-hybridized carbons (Fsp3) is 0.533. The lowest BCUT2D eigenvalue weighted by Crippen LogP contribution is -2.41. The highest BCUT2D eigenvalue weighted by molar-refractivity contribution is 5.81. The quantitative estimate of drug-likeness (QED) is 0.908. The number of amides is 1. The molecule has 1 aromatic carbocycles. The number of alkyl halides is 2. The van der Waals surface area contributed by atoms with Gasteiger partial charge in [-0.3, -0.25) is 4.79 Å². The Hall–Kier alpha value is -1.85. The van der Waals surface area contributed by atoms with Crippen molar-refractivity contribution in [2.45, 2.75) is 26.4 Å². The number of nitrogens with one attached hydrogen (secondary N) is 1. The second kappa shape index (κ2) is 7.24. The largest absolute Gasteiger partial charge is 0.435 e. The predicted octanol–water partition coefficient (Wildman–Crippen LogP) is 2.96. The number of piperidine rings is 1. The first-order valence-corrected chi connectivity index (χ1v) is 7.11. The van der Waals surface area contributed by atoms with Crippen molar-refractivity contribution in [2.75, 3.05) is 25.0 Å². The Bertz CT molecular complexity index is 465. The first-order valence-electron chi connectivity index (χ1n) is 7.11.